The number of carbonyl (C=O) groups excluding carboxylic acids is 1. The lowest BCUT2D eigenvalue weighted by atomic mass is 9.69. The third kappa shape index (κ3) is 2.60. The lowest BCUT2D eigenvalue weighted by Crippen LogP contribution is -2.38. The summed E-state index contributed by atoms with van der Waals surface area (Å²) in [7, 11) is 2.96. The van der Waals surface area contributed by atoms with E-state index in [2.05, 4.69) is 0 Å². The van der Waals surface area contributed by atoms with Crippen LogP contribution in [-0.2, 0) is 10.2 Å². The van der Waals surface area contributed by atoms with E-state index < -0.39 is 11.4 Å². The summed E-state index contributed by atoms with van der Waals surface area (Å²) in [6.07, 6.45) is 4.52. The predicted octanol–water partition coefficient (Wildman–Crippen LogP) is 2.80. The first-order valence-electron chi connectivity index (χ1n) is 7.04. The van der Waals surface area contributed by atoms with Crippen molar-refractivity contribution in [3.8, 4) is 11.5 Å². The van der Waals surface area contributed by atoms with E-state index in [-0.39, 0.29) is 0 Å². The Morgan fingerprint density at radius 1 is 1.19 bits per heavy atom. The summed E-state index contributed by atoms with van der Waals surface area (Å²) in [4.78, 5) is 23.1. The SMILES string of the molecule is COc1cc(C=O)cc(C2(C(=O)O)CCCCC2)c1OC. The Kier molecular flexibility index (Phi) is 4.50. The molecule has 0 bridgehead atoms. The second-order valence-corrected chi connectivity index (χ2v) is 5.37. The van der Waals surface area contributed by atoms with Gasteiger partial charge in [0.05, 0.1) is 19.6 Å². The molecule has 5 heteroatoms. The molecular formula is C16H20O5. The maximum absolute atomic E-state index is 12.0. The molecule has 21 heavy (non-hydrogen) atoms. The number of aliphatic carboxylic acids is 1. The van der Waals surface area contributed by atoms with Crippen LogP contribution in [0.2, 0.25) is 0 Å². The van der Waals surface area contributed by atoms with Crippen LogP contribution in [0.1, 0.15) is 48.0 Å². The van der Waals surface area contributed by atoms with E-state index in [1.54, 1.807) is 12.1 Å². The van der Waals surface area contributed by atoms with Gasteiger partial charge in [-0.25, -0.2) is 0 Å². The van der Waals surface area contributed by atoms with Gasteiger partial charge in [-0.15, -0.1) is 0 Å². The van der Waals surface area contributed by atoms with E-state index in [1.165, 1.54) is 14.2 Å². The Labute approximate surface area is 123 Å². The monoisotopic (exact) mass is 292 g/mol. The number of hydrogen-bond acceptors (Lipinski definition) is 4. The molecule has 0 aliphatic heterocycles. The highest BCUT2D eigenvalue weighted by Gasteiger charge is 2.44. The molecule has 0 unspecified atom stereocenters. The van der Waals surface area contributed by atoms with Crippen LogP contribution in [-0.4, -0.2) is 31.6 Å². The van der Waals surface area contributed by atoms with Crippen LogP contribution in [0.4, 0.5) is 0 Å². The molecule has 2 rings (SSSR count). The highest BCUT2D eigenvalue weighted by molar-refractivity contribution is 5.85. The maximum atomic E-state index is 12.0. The molecular weight excluding hydrogens is 272 g/mol. The molecule has 0 atom stereocenters. The Morgan fingerprint density at radius 3 is 2.33 bits per heavy atom. The number of aldehydes is 1. The van der Waals surface area contributed by atoms with Gasteiger partial charge in [-0.2, -0.15) is 0 Å². The third-order valence-corrected chi connectivity index (χ3v) is 4.27. The summed E-state index contributed by atoms with van der Waals surface area (Å²) in [6, 6.07) is 3.18. The largest absolute Gasteiger partial charge is 0.493 e. The first-order chi connectivity index (χ1) is 10.1. The first kappa shape index (κ1) is 15.4. The van der Waals surface area contributed by atoms with Crippen molar-refractivity contribution in [2.45, 2.75) is 37.5 Å². The van der Waals surface area contributed by atoms with Gasteiger partial charge in [0.25, 0.3) is 0 Å². The van der Waals surface area contributed by atoms with Crippen molar-refractivity contribution in [1.29, 1.82) is 0 Å². The van der Waals surface area contributed by atoms with E-state index in [4.69, 9.17) is 9.47 Å². The number of carbonyl (C=O) groups is 2. The van der Waals surface area contributed by atoms with Gasteiger partial charge in [0, 0.05) is 11.1 Å². The molecule has 1 N–H and O–H groups in total. The topological polar surface area (TPSA) is 72.8 Å². The normalized spacial score (nSPS) is 17.0. The van der Waals surface area contributed by atoms with Crippen molar-refractivity contribution >= 4 is 12.3 Å². The average molecular weight is 292 g/mol. The molecule has 1 aliphatic carbocycles. The van der Waals surface area contributed by atoms with E-state index >= 15 is 0 Å². The number of rotatable bonds is 5. The van der Waals surface area contributed by atoms with Crippen molar-refractivity contribution in [2.24, 2.45) is 0 Å². The van der Waals surface area contributed by atoms with Gasteiger partial charge in [-0.05, 0) is 25.0 Å². The second-order valence-electron chi connectivity index (χ2n) is 5.37. The van der Waals surface area contributed by atoms with Crippen LogP contribution in [0.25, 0.3) is 0 Å². The quantitative estimate of drug-likeness (QED) is 0.845. The molecule has 1 aromatic carbocycles. The summed E-state index contributed by atoms with van der Waals surface area (Å²) in [6.45, 7) is 0. The number of hydrogen-bond donors (Lipinski definition) is 1. The standard InChI is InChI=1S/C16H20O5/c1-20-13-9-11(10-17)8-12(14(13)21-2)16(15(18)19)6-4-3-5-7-16/h8-10H,3-7H2,1-2H3,(H,18,19). The van der Waals surface area contributed by atoms with E-state index in [0.717, 1.165) is 19.3 Å². The Bertz CT molecular complexity index is 544. The fourth-order valence-electron chi connectivity index (χ4n) is 3.16. The number of ether oxygens (including phenoxy) is 2. The number of methoxy groups -OCH3 is 2. The van der Waals surface area contributed by atoms with Gasteiger partial charge in [0.1, 0.15) is 6.29 Å². The number of carboxylic acids is 1. The number of benzene rings is 1. The molecule has 0 amide bonds. The van der Waals surface area contributed by atoms with Crippen molar-refractivity contribution in [3.05, 3.63) is 23.3 Å². The highest BCUT2D eigenvalue weighted by atomic mass is 16.5. The molecule has 1 fully saturated rings. The van der Waals surface area contributed by atoms with Crippen LogP contribution >= 0.6 is 0 Å². The zero-order chi connectivity index (χ0) is 15.5. The Balaban J connectivity index is 2.68. The zero-order valence-electron chi connectivity index (χ0n) is 12.3. The Morgan fingerprint density at radius 2 is 1.86 bits per heavy atom. The molecule has 1 aliphatic rings. The van der Waals surface area contributed by atoms with Crippen molar-refractivity contribution in [3.63, 3.8) is 0 Å². The lowest BCUT2D eigenvalue weighted by molar-refractivity contribution is -0.145. The van der Waals surface area contributed by atoms with Crippen molar-refractivity contribution < 1.29 is 24.2 Å². The summed E-state index contributed by atoms with van der Waals surface area (Å²) in [5, 5.41) is 9.80. The molecule has 5 nitrogen and oxygen atoms in total. The molecule has 0 spiro atoms. The van der Waals surface area contributed by atoms with Crippen LogP contribution < -0.4 is 9.47 Å². The summed E-state index contributed by atoms with van der Waals surface area (Å²) < 4.78 is 10.6. The van der Waals surface area contributed by atoms with Gasteiger partial charge in [0.15, 0.2) is 11.5 Å². The third-order valence-electron chi connectivity index (χ3n) is 4.27. The molecule has 0 saturated heterocycles. The maximum Gasteiger partial charge on any atom is 0.314 e. The smallest absolute Gasteiger partial charge is 0.314 e. The Hall–Kier alpha value is -2.04. The fraction of sp³-hybridized carbons (Fsp3) is 0.500. The van der Waals surface area contributed by atoms with Crippen molar-refractivity contribution in [2.75, 3.05) is 14.2 Å². The van der Waals surface area contributed by atoms with Gasteiger partial charge in [-0.3, -0.25) is 9.59 Å². The van der Waals surface area contributed by atoms with Crippen LogP contribution in [0.5, 0.6) is 11.5 Å². The van der Waals surface area contributed by atoms with Crippen LogP contribution in [0, 0.1) is 0 Å². The lowest BCUT2D eigenvalue weighted by Gasteiger charge is -2.35. The van der Waals surface area contributed by atoms with E-state index in [1.807, 2.05) is 0 Å². The van der Waals surface area contributed by atoms with Gasteiger partial charge >= 0.3 is 5.97 Å². The molecule has 0 radical (unpaired) electrons. The number of carboxylic acid groups (broad SMARTS) is 1. The van der Waals surface area contributed by atoms with Gasteiger partial charge in [-0.1, -0.05) is 19.3 Å². The van der Waals surface area contributed by atoms with Crippen molar-refractivity contribution in [1.82, 2.24) is 0 Å². The van der Waals surface area contributed by atoms with Gasteiger partial charge in [0.2, 0.25) is 0 Å². The average Bonchev–Trinajstić information content (AvgIpc) is 2.53. The minimum Gasteiger partial charge on any atom is -0.493 e. The zero-order valence-corrected chi connectivity index (χ0v) is 12.3. The molecule has 1 saturated carbocycles. The van der Waals surface area contributed by atoms with E-state index in [9.17, 15) is 14.7 Å². The van der Waals surface area contributed by atoms with Crippen LogP contribution in [0.3, 0.4) is 0 Å². The van der Waals surface area contributed by atoms with Crippen LogP contribution in [0.15, 0.2) is 12.1 Å². The first-order valence-corrected chi connectivity index (χ1v) is 7.04. The summed E-state index contributed by atoms with van der Waals surface area (Å²) in [5.41, 5.74) is -0.0666. The molecule has 0 heterocycles. The van der Waals surface area contributed by atoms with E-state index in [0.29, 0.717) is 41.8 Å². The summed E-state index contributed by atoms with van der Waals surface area (Å²) >= 11 is 0. The minimum atomic E-state index is -1.00. The highest BCUT2D eigenvalue weighted by Crippen LogP contribution is 2.47. The molecule has 114 valence electrons. The van der Waals surface area contributed by atoms with Gasteiger partial charge < -0.3 is 14.6 Å². The second kappa shape index (κ2) is 6.16. The molecule has 1 aromatic rings. The minimum absolute atomic E-state index is 0.392. The molecule has 0 aromatic heterocycles. The fourth-order valence-corrected chi connectivity index (χ4v) is 3.16. The summed E-state index contributed by atoms with van der Waals surface area (Å²) in [5.74, 6) is -0.0682. The predicted molar refractivity (Wildman–Crippen MR) is 77.3 cm³/mol.